The van der Waals surface area contributed by atoms with Gasteiger partial charge < -0.3 is 5.73 Å². The minimum atomic E-state index is -3.60. The van der Waals surface area contributed by atoms with E-state index in [9.17, 15) is 8.42 Å². The molecule has 0 unspecified atom stereocenters. The third-order valence-electron chi connectivity index (χ3n) is 2.48. The third-order valence-corrected chi connectivity index (χ3v) is 4.66. The molecule has 0 fully saturated rings. The number of nitrogens with two attached hydrogens (primary N) is 1. The van der Waals surface area contributed by atoms with Crippen molar-refractivity contribution in [2.24, 2.45) is 11.1 Å². The second-order valence-corrected chi connectivity index (χ2v) is 7.17. The molecule has 0 aromatic heterocycles. The van der Waals surface area contributed by atoms with Crippen molar-refractivity contribution >= 4 is 38.8 Å². The van der Waals surface area contributed by atoms with Crippen LogP contribution in [-0.2, 0) is 10.0 Å². The Kier molecular flexibility index (Phi) is 4.72. The van der Waals surface area contributed by atoms with Gasteiger partial charge >= 0.3 is 0 Å². The average Bonchev–Trinajstić information content (AvgIpc) is 2.26. The summed E-state index contributed by atoms with van der Waals surface area (Å²) < 4.78 is 26.5. The zero-order valence-electron chi connectivity index (χ0n) is 10.1. The van der Waals surface area contributed by atoms with Gasteiger partial charge in [0.05, 0.1) is 9.88 Å². The largest absolute Gasteiger partial charge is 0.393 e. The predicted octanol–water partition coefficient (Wildman–Crippen LogP) is 1.93. The molecular weight excluding hydrogens is 292 g/mol. The Bertz CT molecular complexity index is 556. The molecule has 0 aliphatic rings. The van der Waals surface area contributed by atoms with E-state index in [1.807, 2.05) is 0 Å². The van der Waals surface area contributed by atoms with E-state index in [-0.39, 0.29) is 16.4 Å². The van der Waals surface area contributed by atoms with Crippen LogP contribution in [0.5, 0.6) is 0 Å². The monoisotopic (exact) mass is 306 g/mol. The van der Waals surface area contributed by atoms with E-state index >= 15 is 0 Å². The van der Waals surface area contributed by atoms with Crippen LogP contribution in [0.15, 0.2) is 29.2 Å². The molecule has 0 spiro atoms. The lowest BCUT2D eigenvalue weighted by molar-refractivity contribution is 0.501. The van der Waals surface area contributed by atoms with E-state index in [0.29, 0.717) is 5.02 Å². The Balaban J connectivity index is 2.87. The highest BCUT2D eigenvalue weighted by atomic mass is 35.5. The molecule has 0 aliphatic heterocycles. The lowest BCUT2D eigenvalue weighted by Gasteiger charge is -2.23. The number of halogens is 1. The van der Waals surface area contributed by atoms with Crippen molar-refractivity contribution < 1.29 is 8.42 Å². The summed E-state index contributed by atoms with van der Waals surface area (Å²) in [4.78, 5) is 0.380. The summed E-state index contributed by atoms with van der Waals surface area (Å²) >= 11 is 10.6. The molecule has 0 atom stereocenters. The Morgan fingerprint density at radius 1 is 1.50 bits per heavy atom. The van der Waals surface area contributed by atoms with Crippen LogP contribution >= 0.6 is 23.8 Å². The molecule has 7 heteroatoms. The van der Waals surface area contributed by atoms with Gasteiger partial charge in [-0.25, -0.2) is 13.1 Å². The highest BCUT2D eigenvalue weighted by molar-refractivity contribution is 7.89. The summed E-state index contributed by atoms with van der Waals surface area (Å²) in [5, 5.41) is 0.367. The van der Waals surface area contributed by atoms with Crippen molar-refractivity contribution in [1.82, 2.24) is 4.72 Å². The number of hydrogen-bond acceptors (Lipinski definition) is 3. The fraction of sp³-hybridized carbons (Fsp3) is 0.364. The standard InChI is InChI=1S/C11H15ClN2O2S2/c1-11(2,10(13)17)7-14-18(15,16)9-5-3-4-8(12)6-9/h3-6,14H,7H2,1-2H3,(H2,13,17). The van der Waals surface area contributed by atoms with Gasteiger partial charge in [0.15, 0.2) is 0 Å². The molecule has 0 heterocycles. The van der Waals surface area contributed by atoms with Gasteiger partial charge in [0.25, 0.3) is 0 Å². The maximum atomic E-state index is 12.0. The van der Waals surface area contributed by atoms with Crippen molar-refractivity contribution in [2.45, 2.75) is 18.7 Å². The molecule has 0 amide bonds. The molecule has 1 aromatic carbocycles. The number of nitrogens with one attached hydrogen (secondary N) is 1. The number of hydrogen-bond donors (Lipinski definition) is 2. The summed E-state index contributed by atoms with van der Waals surface area (Å²) in [7, 11) is -3.60. The van der Waals surface area contributed by atoms with Crippen LogP contribution in [-0.4, -0.2) is 20.0 Å². The van der Waals surface area contributed by atoms with E-state index < -0.39 is 15.4 Å². The van der Waals surface area contributed by atoms with Crippen molar-refractivity contribution in [3.63, 3.8) is 0 Å². The first-order valence-electron chi connectivity index (χ1n) is 5.20. The van der Waals surface area contributed by atoms with Crippen LogP contribution in [0.1, 0.15) is 13.8 Å². The Labute approximate surface area is 118 Å². The first kappa shape index (κ1) is 15.4. The van der Waals surface area contributed by atoms with Crippen molar-refractivity contribution in [3.8, 4) is 0 Å². The Hall–Kier alpha value is -0.690. The number of thiocarbonyl (C=S) groups is 1. The van der Waals surface area contributed by atoms with Gasteiger partial charge in [-0.05, 0) is 18.2 Å². The normalized spacial score (nSPS) is 12.4. The Morgan fingerprint density at radius 3 is 2.61 bits per heavy atom. The highest BCUT2D eigenvalue weighted by Gasteiger charge is 2.24. The molecule has 0 saturated carbocycles. The summed E-state index contributed by atoms with van der Waals surface area (Å²) in [5.41, 5.74) is 4.96. The second-order valence-electron chi connectivity index (χ2n) is 4.53. The molecule has 1 rings (SSSR count). The van der Waals surface area contributed by atoms with Crippen LogP contribution in [0.4, 0.5) is 0 Å². The minimum Gasteiger partial charge on any atom is -0.393 e. The molecular formula is C11H15ClN2O2S2. The highest BCUT2D eigenvalue weighted by Crippen LogP contribution is 2.18. The SMILES string of the molecule is CC(C)(CNS(=O)(=O)c1cccc(Cl)c1)C(N)=S. The molecule has 1 aromatic rings. The molecule has 0 aliphatic carbocycles. The van der Waals surface area contributed by atoms with Crippen molar-refractivity contribution in [3.05, 3.63) is 29.3 Å². The van der Waals surface area contributed by atoms with E-state index in [0.717, 1.165) is 0 Å². The van der Waals surface area contributed by atoms with E-state index in [1.165, 1.54) is 12.1 Å². The first-order valence-corrected chi connectivity index (χ1v) is 7.47. The van der Waals surface area contributed by atoms with Crippen LogP contribution in [0.25, 0.3) is 0 Å². The van der Waals surface area contributed by atoms with Crippen LogP contribution < -0.4 is 10.5 Å². The fourth-order valence-electron chi connectivity index (χ4n) is 1.08. The predicted molar refractivity (Wildman–Crippen MR) is 77.2 cm³/mol. The molecule has 18 heavy (non-hydrogen) atoms. The summed E-state index contributed by atoms with van der Waals surface area (Å²) in [5.74, 6) is 0. The van der Waals surface area contributed by atoms with Crippen LogP contribution in [0.2, 0.25) is 5.02 Å². The van der Waals surface area contributed by atoms with Crippen LogP contribution in [0.3, 0.4) is 0 Å². The summed E-state index contributed by atoms with van der Waals surface area (Å²) in [6, 6.07) is 6.05. The topological polar surface area (TPSA) is 72.2 Å². The van der Waals surface area contributed by atoms with Gasteiger partial charge in [-0.3, -0.25) is 0 Å². The lowest BCUT2D eigenvalue weighted by Crippen LogP contribution is -2.41. The molecule has 4 nitrogen and oxygen atoms in total. The van der Waals surface area contributed by atoms with E-state index in [1.54, 1.807) is 26.0 Å². The quantitative estimate of drug-likeness (QED) is 0.815. The second kappa shape index (κ2) is 5.52. The molecule has 0 saturated heterocycles. The van der Waals surface area contributed by atoms with Gasteiger partial charge in [0.2, 0.25) is 10.0 Å². The molecule has 0 radical (unpaired) electrons. The maximum Gasteiger partial charge on any atom is 0.240 e. The number of sulfonamides is 1. The van der Waals surface area contributed by atoms with Gasteiger partial charge in [-0.1, -0.05) is 43.7 Å². The van der Waals surface area contributed by atoms with Gasteiger partial charge in [-0.15, -0.1) is 0 Å². The maximum absolute atomic E-state index is 12.0. The average molecular weight is 307 g/mol. The zero-order valence-corrected chi connectivity index (χ0v) is 12.5. The van der Waals surface area contributed by atoms with E-state index in [4.69, 9.17) is 29.6 Å². The third kappa shape index (κ3) is 3.91. The zero-order chi connectivity index (χ0) is 14.0. The van der Waals surface area contributed by atoms with Crippen LogP contribution in [0, 0.1) is 5.41 Å². The number of rotatable bonds is 5. The van der Waals surface area contributed by atoms with Gasteiger partial charge in [-0.2, -0.15) is 0 Å². The number of benzene rings is 1. The fourth-order valence-corrected chi connectivity index (χ4v) is 2.66. The van der Waals surface area contributed by atoms with Crippen molar-refractivity contribution in [2.75, 3.05) is 6.54 Å². The first-order chi connectivity index (χ1) is 8.15. The van der Waals surface area contributed by atoms with Gasteiger partial charge in [0.1, 0.15) is 0 Å². The van der Waals surface area contributed by atoms with Crippen molar-refractivity contribution in [1.29, 1.82) is 0 Å². The van der Waals surface area contributed by atoms with Gasteiger partial charge in [0, 0.05) is 17.0 Å². The molecule has 100 valence electrons. The Morgan fingerprint density at radius 2 is 2.11 bits per heavy atom. The van der Waals surface area contributed by atoms with E-state index in [2.05, 4.69) is 4.72 Å². The molecule has 3 N–H and O–H groups in total. The lowest BCUT2D eigenvalue weighted by atomic mass is 9.94. The summed E-state index contributed by atoms with van der Waals surface area (Å²) in [6.45, 7) is 3.68. The smallest absolute Gasteiger partial charge is 0.240 e. The summed E-state index contributed by atoms with van der Waals surface area (Å²) in [6.07, 6.45) is 0. The molecule has 0 bridgehead atoms. The minimum absolute atomic E-state index is 0.119.